The first-order valence-electron chi connectivity index (χ1n) is 15.0. The third-order valence-electron chi connectivity index (χ3n) is 7.33. The van der Waals surface area contributed by atoms with Gasteiger partial charge in [-0.15, -0.1) is 0 Å². The standard InChI is InChI=1S/C32H48N2O5/c1-4-5-6-7-8-9-10-11-12-13-14-17-31(35)34(26(2)3)24-32(36)33(23-28-16-15-20-37-28)22-27-18-19-29-30(21-27)39-25-38-29/h15-16,18-21,26H,4-14,17,22-25H2,1-3H3. The fourth-order valence-electron chi connectivity index (χ4n) is 4.97. The van der Waals surface area contributed by atoms with Crippen LogP contribution in [0.3, 0.4) is 0 Å². The molecule has 2 aromatic rings. The largest absolute Gasteiger partial charge is 0.467 e. The van der Waals surface area contributed by atoms with E-state index in [9.17, 15) is 9.59 Å². The molecule has 1 aliphatic rings. The molecule has 0 aliphatic carbocycles. The minimum absolute atomic E-state index is 0.0508. The minimum Gasteiger partial charge on any atom is -0.467 e. The van der Waals surface area contributed by atoms with Gasteiger partial charge in [-0.3, -0.25) is 9.59 Å². The molecule has 7 heteroatoms. The Kier molecular flexibility index (Phi) is 13.2. The predicted molar refractivity (Wildman–Crippen MR) is 153 cm³/mol. The number of unbranched alkanes of at least 4 members (excludes halogenated alkanes) is 10. The van der Waals surface area contributed by atoms with Crippen molar-refractivity contribution in [2.45, 2.75) is 117 Å². The summed E-state index contributed by atoms with van der Waals surface area (Å²) in [5.74, 6) is 2.04. The number of carbonyl (C=O) groups is 2. The van der Waals surface area contributed by atoms with Crippen molar-refractivity contribution in [1.82, 2.24) is 9.80 Å². The Balaban J connectivity index is 1.46. The lowest BCUT2D eigenvalue weighted by molar-refractivity contribution is -0.143. The molecule has 0 saturated heterocycles. The lowest BCUT2D eigenvalue weighted by atomic mass is 10.0. The highest BCUT2D eigenvalue weighted by atomic mass is 16.7. The van der Waals surface area contributed by atoms with E-state index >= 15 is 0 Å². The molecule has 7 nitrogen and oxygen atoms in total. The van der Waals surface area contributed by atoms with Gasteiger partial charge in [-0.1, -0.05) is 77.2 Å². The van der Waals surface area contributed by atoms with Gasteiger partial charge in [0.15, 0.2) is 11.5 Å². The Morgan fingerprint density at radius 1 is 0.821 bits per heavy atom. The van der Waals surface area contributed by atoms with Crippen LogP contribution in [0.5, 0.6) is 11.5 Å². The van der Waals surface area contributed by atoms with Crippen LogP contribution in [0.4, 0.5) is 0 Å². The van der Waals surface area contributed by atoms with E-state index in [2.05, 4.69) is 6.92 Å². The molecule has 3 rings (SSSR count). The van der Waals surface area contributed by atoms with Crippen LogP contribution in [0.1, 0.15) is 109 Å². The number of ether oxygens (including phenoxy) is 2. The van der Waals surface area contributed by atoms with E-state index in [0.29, 0.717) is 36.8 Å². The average molecular weight is 541 g/mol. The van der Waals surface area contributed by atoms with Gasteiger partial charge >= 0.3 is 0 Å². The van der Waals surface area contributed by atoms with Gasteiger partial charge in [0.25, 0.3) is 0 Å². The topological polar surface area (TPSA) is 72.2 Å². The fraction of sp³-hybridized carbons (Fsp3) is 0.625. The van der Waals surface area contributed by atoms with Crippen LogP contribution in [0.2, 0.25) is 0 Å². The summed E-state index contributed by atoms with van der Waals surface area (Å²) in [4.78, 5) is 30.1. The van der Waals surface area contributed by atoms with Crippen LogP contribution in [0, 0.1) is 0 Å². The van der Waals surface area contributed by atoms with E-state index in [1.165, 1.54) is 57.8 Å². The van der Waals surface area contributed by atoms with Crippen molar-refractivity contribution in [3.05, 3.63) is 47.9 Å². The molecular formula is C32H48N2O5. The lowest BCUT2D eigenvalue weighted by Crippen LogP contribution is -2.45. The van der Waals surface area contributed by atoms with Crippen LogP contribution in [-0.2, 0) is 22.7 Å². The number of hydrogen-bond donors (Lipinski definition) is 0. The summed E-state index contributed by atoms with van der Waals surface area (Å²) in [5.41, 5.74) is 0.933. The highest BCUT2D eigenvalue weighted by Crippen LogP contribution is 2.33. The third kappa shape index (κ3) is 10.6. The number of carbonyl (C=O) groups excluding carboxylic acids is 2. The number of hydrogen-bond acceptors (Lipinski definition) is 5. The molecule has 0 bridgehead atoms. The molecule has 2 heterocycles. The van der Waals surface area contributed by atoms with Crippen molar-refractivity contribution in [2.24, 2.45) is 0 Å². The molecule has 1 aliphatic heterocycles. The van der Waals surface area contributed by atoms with E-state index in [4.69, 9.17) is 13.9 Å². The van der Waals surface area contributed by atoms with E-state index in [0.717, 1.165) is 18.4 Å². The van der Waals surface area contributed by atoms with Crippen molar-refractivity contribution < 1.29 is 23.5 Å². The highest BCUT2D eigenvalue weighted by molar-refractivity contribution is 5.85. The third-order valence-corrected chi connectivity index (χ3v) is 7.33. The normalized spacial score (nSPS) is 12.2. The summed E-state index contributed by atoms with van der Waals surface area (Å²) >= 11 is 0. The number of rotatable bonds is 19. The number of nitrogens with zero attached hydrogens (tertiary/aromatic N) is 2. The monoisotopic (exact) mass is 540 g/mol. The zero-order valence-corrected chi connectivity index (χ0v) is 24.3. The summed E-state index contributed by atoms with van der Waals surface area (Å²) in [6.45, 7) is 7.18. The summed E-state index contributed by atoms with van der Waals surface area (Å²) in [6.07, 6.45) is 15.8. The van der Waals surface area contributed by atoms with E-state index in [1.54, 1.807) is 16.1 Å². The fourth-order valence-corrected chi connectivity index (χ4v) is 4.97. The number of amides is 2. The summed E-state index contributed by atoms with van der Waals surface area (Å²) in [5, 5.41) is 0. The minimum atomic E-state index is -0.106. The Labute approximate surface area is 234 Å². The second kappa shape index (κ2) is 16.9. The molecule has 0 saturated carbocycles. The Bertz CT molecular complexity index is 988. The number of benzene rings is 1. The zero-order chi connectivity index (χ0) is 27.9. The lowest BCUT2D eigenvalue weighted by Gasteiger charge is -2.30. The van der Waals surface area contributed by atoms with Gasteiger partial charge in [0, 0.05) is 19.0 Å². The van der Waals surface area contributed by atoms with Crippen LogP contribution < -0.4 is 9.47 Å². The molecule has 0 atom stereocenters. The molecule has 0 radical (unpaired) electrons. The molecule has 1 aromatic carbocycles. The molecule has 0 N–H and O–H groups in total. The van der Waals surface area contributed by atoms with Gasteiger partial charge < -0.3 is 23.7 Å². The molecule has 0 unspecified atom stereocenters. The molecule has 0 spiro atoms. The molecule has 1 aromatic heterocycles. The summed E-state index contributed by atoms with van der Waals surface area (Å²) in [6, 6.07) is 9.33. The number of fused-ring (bicyclic) bond motifs is 1. The van der Waals surface area contributed by atoms with E-state index < -0.39 is 0 Å². The van der Waals surface area contributed by atoms with Gasteiger partial charge in [0.2, 0.25) is 18.6 Å². The van der Waals surface area contributed by atoms with Gasteiger partial charge in [-0.25, -0.2) is 0 Å². The number of furan rings is 1. The molecular weight excluding hydrogens is 492 g/mol. The maximum atomic E-state index is 13.5. The molecule has 216 valence electrons. The summed E-state index contributed by atoms with van der Waals surface area (Å²) in [7, 11) is 0. The Morgan fingerprint density at radius 3 is 2.13 bits per heavy atom. The van der Waals surface area contributed by atoms with Crippen molar-refractivity contribution in [3.8, 4) is 11.5 Å². The van der Waals surface area contributed by atoms with Crippen molar-refractivity contribution >= 4 is 11.8 Å². The predicted octanol–water partition coefficient (Wildman–Crippen LogP) is 7.48. The summed E-state index contributed by atoms with van der Waals surface area (Å²) < 4.78 is 16.5. The van der Waals surface area contributed by atoms with Crippen molar-refractivity contribution in [1.29, 1.82) is 0 Å². The smallest absolute Gasteiger partial charge is 0.242 e. The van der Waals surface area contributed by atoms with E-state index in [1.807, 2.05) is 44.2 Å². The van der Waals surface area contributed by atoms with Crippen molar-refractivity contribution in [2.75, 3.05) is 13.3 Å². The molecule has 0 fully saturated rings. The van der Waals surface area contributed by atoms with Gasteiger partial charge in [0.1, 0.15) is 5.76 Å². The first-order chi connectivity index (χ1) is 19.0. The van der Waals surface area contributed by atoms with Crippen LogP contribution in [-0.4, -0.2) is 41.0 Å². The molecule has 2 amide bonds. The Morgan fingerprint density at radius 2 is 1.49 bits per heavy atom. The van der Waals surface area contributed by atoms with Crippen molar-refractivity contribution in [3.63, 3.8) is 0 Å². The SMILES string of the molecule is CCCCCCCCCCCCCC(=O)N(CC(=O)N(Cc1ccc2c(c1)OCO2)Cc1ccco1)C(C)C. The average Bonchev–Trinajstić information content (AvgIpc) is 3.61. The van der Waals surface area contributed by atoms with Crippen LogP contribution in [0.15, 0.2) is 41.0 Å². The van der Waals surface area contributed by atoms with Gasteiger partial charge in [-0.2, -0.15) is 0 Å². The zero-order valence-electron chi connectivity index (χ0n) is 24.3. The maximum Gasteiger partial charge on any atom is 0.242 e. The van der Waals surface area contributed by atoms with Crippen LogP contribution in [0.25, 0.3) is 0 Å². The quantitative estimate of drug-likeness (QED) is 0.173. The van der Waals surface area contributed by atoms with Gasteiger partial charge in [0.05, 0.1) is 19.4 Å². The molecule has 39 heavy (non-hydrogen) atoms. The van der Waals surface area contributed by atoms with Gasteiger partial charge in [-0.05, 0) is 50.1 Å². The second-order valence-electron chi connectivity index (χ2n) is 10.9. The Hall–Kier alpha value is -2.96. The second-order valence-corrected chi connectivity index (χ2v) is 10.9. The maximum absolute atomic E-state index is 13.5. The highest BCUT2D eigenvalue weighted by Gasteiger charge is 2.25. The first-order valence-corrected chi connectivity index (χ1v) is 15.0. The van der Waals surface area contributed by atoms with Crippen LogP contribution >= 0.6 is 0 Å². The first kappa shape index (κ1) is 30.6. The van der Waals surface area contributed by atoms with E-state index in [-0.39, 0.29) is 31.2 Å².